The van der Waals surface area contributed by atoms with Crippen LogP contribution in [0.2, 0.25) is 5.02 Å². The van der Waals surface area contributed by atoms with Gasteiger partial charge in [-0.3, -0.25) is 0 Å². The Balaban J connectivity index is 1.41. The minimum absolute atomic E-state index is 0.0566. The monoisotopic (exact) mass is 478 g/mol. The molecule has 6 atom stereocenters. The van der Waals surface area contributed by atoms with Crippen molar-refractivity contribution in [3.63, 3.8) is 0 Å². The summed E-state index contributed by atoms with van der Waals surface area (Å²) in [5, 5.41) is 40.5. The van der Waals surface area contributed by atoms with Crippen molar-refractivity contribution in [3.05, 3.63) is 64.2 Å². The Morgan fingerprint density at radius 2 is 1.76 bits per heavy atom. The number of aliphatic hydroxyl groups is 4. The molecule has 0 amide bonds. The van der Waals surface area contributed by atoms with Crippen LogP contribution in [0.3, 0.4) is 0 Å². The first-order valence-electron chi connectivity index (χ1n) is 11.3. The summed E-state index contributed by atoms with van der Waals surface area (Å²) in [7, 11) is 0. The lowest BCUT2D eigenvalue weighted by atomic mass is 9.90. The van der Waals surface area contributed by atoms with E-state index in [-0.39, 0.29) is 6.10 Å². The van der Waals surface area contributed by atoms with Gasteiger partial charge in [-0.1, -0.05) is 35.9 Å². The SMILES string of the molecule is CC(COc1ccc(Cc2cc([C@@H]3O[C@H](CO)[C@@H](O)[C@H](O)[C@H]3O)ccc2Cl)cc1)OC1CC1. The molecule has 1 aliphatic heterocycles. The van der Waals surface area contributed by atoms with E-state index in [0.717, 1.165) is 29.7 Å². The summed E-state index contributed by atoms with van der Waals surface area (Å²) in [5.74, 6) is 0.770. The second-order valence-electron chi connectivity index (χ2n) is 8.88. The van der Waals surface area contributed by atoms with Gasteiger partial charge in [0.25, 0.3) is 0 Å². The molecule has 1 aliphatic carbocycles. The summed E-state index contributed by atoms with van der Waals surface area (Å²) in [5.41, 5.74) is 2.46. The van der Waals surface area contributed by atoms with Crippen LogP contribution < -0.4 is 4.74 Å². The molecule has 1 unspecified atom stereocenters. The maximum atomic E-state index is 10.4. The van der Waals surface area contributed by atoms with E-state index in [4.69, 9.17) is 25.8 Å². The molecule has 1 saturated heterocycles. The Bertz CT molecular complexity index is 915. The van der Waals surface area contributed by atoms with Crippen molar-refractivity contribution in [1.29, 1.82) is 0 Å². The standard InChI is InChI=1S/C25H31ClO7/c1-14(32-19-7-8-19)13-31-18-5-2-15(3-6-18)10-17-11-16(4-9-20(17)26)25-24(30)23(29)22(28)21(12-27)33-25/h2-6,9,11,14,19,21-25,27-30H,7-8,10,12-13H2,1H3/t14?,21-,22-,23+,24-,25+/m1/s1. The molecule has 4 rings (SSSR count). The largest absolute Gasteiger partial charge is 0.491 e. The van der Waals surface area contributed by atoms with Crippen LogP contribution in [0.5, 0.6) is 5.75 Å². The van der Waals surface area contributed by atoms with E-state index < -0.39 is 37.1 Å². The number of rotatable bonds is 9. The summed E-state index contributed by atoms with van der Waals surface area (Å²) in [4.78, 5) is 0. The molecule has 33 heavy (non-hydrogen) atoms. The van der Waals surface area contributed by atoms with E-state index in [9.17, 15) is 20.4 Å². The predicted molar refractivity (Wildman–Crippen MR) is 122 cm³/mol. The molecule has 8 heteroatoms. The van der Waals surface area contributed by atoms with Crippen molar-refractivity contribution in [1.82, 2.24) is 0 Å². The fourth-order valence-electron chi connectivity index (χ4n) is 3.99. The molecule has 0 spiro atoms. The molecule has 1 saturated carbocycles. The van der Waals surface area contributed by atoms with E-state index in [1.165, 1.54) is 0 Å². The van der Waals surface area contributed by atoms with Gasteiger partial charge in [-0.2, -0.15) is 0 Å². The fourth-order valence-corrected chi connectivity index (χ4v) is 4.18. The smallest absolute Gasteiger partial charge is 0.119 e. The van der Waals surface area contributed by atoms with E-state index in [2.05, 4.69) is 0 Å². The van der Waals surface area contributed by atoms with Crippen molar-refractivity contribution in [2.75, 3.05) is 13.2 Å². The molecular weight excluding hydrogens is 448 g/mol. The Morgan fingerprint density at radius 3 is 2.42 bits per heavy atom. The minimum atomic E-state index is -1.43. The second-order valence-corrected chi connectivity index (χ2v) is 9.29. The van der Waals surface area contributed by atoms with Gasteiger partial charge in [0.1, 0.15) is 42.9 Å². The van der Waals surface area contributed by atoms with Crippen molar-refractivity contribution in [3.8, 4) is 5.75 Å². The third-order valence-electron chi connectivity index (χ3n) is 6.04. The Labute approximate surface area is 198 Å². The highest BCUT2D eigenvalue weighted by Gasteiger charge is 2.44. The van der Waals surface area contributed by atoms with Crippen LogP contribution in [0.15, 0.2) is 42.5 Å². The summed E-state index contributed by atoms with van der Waals surface area (Å²) >= 11 is 6.42. The van der Waals surface area contributed by atoms with Gasteiger partial charge in [0.15, 0.2) is 0 Å². The molecular formula is C25H31ClO7. The molecule has 1 heterocycles. The first kappa shape index (κ1) is 24.4. The molecule has 0 aromatic heterocycles. The second kappa shape index (κ2) is 10.7. The number of halogens is 1. The lowest BCUT2D eigenvalue weighted by molar-refractivity contribution is -0.231. The zero-order valence-corrected chi connectivity index (χ0v) is 19.3. The Kier molecular flexibility index (Phi) is 7.91. The molecule has 4 N–H and O–H groups in total. The van der Waals surface area contributed by atoms with Gasteiger partial charge >= 0.3 is 0 Å². The van der Waals surface area contributed by atoms with Gasteiger partial charge in [-0.05, 0) is 61.1 Å². The zero-order chi connectivity index (χ0) is 23.5. The van der Waals surface area contributed by atoms with Gasteiger partial charge in [-0.15, -0.1) is 0 Å². The van der Waals surface area contributed by atoms with Gasteiger partial charge in [0.2, 0.25) is 0 Å². The van der Waals surface area contributed by atoms with Crippen LogP contribution in [0.25, 0.3) is 0 Å². The zero-order valence-electron chi connectivity index (χ0n) is 18.5. The Morgan fingerprint density at radius 1 is 1.03 bits per heavy atom. The summed E-state index contributed by atoms with van der Waals surface area (Å²) in [6.45, 7) is 2.04. The predicted octanol–water partition coefficient (Wildman–Crippen LogP) is 2.39. The van der Waals surface area contributed by atoms with Crippen molar-refractivity contribution < 1.29 is 34.6 Å². The van der Waals surface area contributed by atoms with Crippen molar-refractivity contribution in [2.24, 2.45) is 0 Å². The number of ether oxygens (including phenoxy) is 3. The highest BCUT2D eigenvalue weighted by molar-refractivity contribution is 6.31. The average Bonchev–Trinajstić information content (AvgIpc) is 3.63. The maximum Gasteiger partial charge on any atom is 0.119 e. The van der Waals surface area contributed by atoms with Crippen LogP contribution in [0, 0.1) is 0 Å². The molecule has 2 aliphatic rings. The summed E-state index contributed by atoms with van der Waals surface area (Å²) in [6.07, 6.45) is -2.73. The molecule has 2 aromatic rings. The number of hydrogen-bond acceptors (Lipinski definition) is 7. The van der Waals surface area contributed by atoms with Crippen LogP contribution in [0.1, 0.15) is 42.6 Å². The van der Waals surface area contributed by atoms with Crippen LogP contribution in [-0.4, -0.2) is 70.3 Å². The lowest BCUT2D eigenvalue weighted by Gasteiger charge is -2.40. The maximum absolute atomic E-state index is 10.4. The van der Waals surface area contributed by atoms with Crippen molar-refractivity contribution in [2.45, 2.75) is 68.9 Å². The van der Waals surface area contributed by atoms with Crippen molar-refractivity contribution >= 4 is 11.6 Å². The number of benzene rings is 2. The van der Waals surface area contributed by atoms with E-state index in [1.807, 2.05) is 37.3 Å². The normalized spacial score (nSPS) is 28.5. The van der Waals surface area contributed by atoms with E-state index in [0.29, 0.717) is 29.7 Å². The van der Waals surface area contributed by atoms with Gasteiger partial charge < -0.3 is 34.6 Å². The third kappa shape index (κ3) is 6.05. The van der Waals surface area contributed by atoms with Crippen LogP contribution in [-0.2, 0) is 15.9 Å². The lowest BCUT2D eigenvalue weighted by Crippen LogP contribution is -2.55. The minimum Gasteiger partial charge on any atom is -0.491 e. The Hall–Kier alpha value is -1.71. The summed E-state index contributed by atoms with van der Waals surface area (Å²) in [6, 6.07) is 13.0. The van der Waals surface area contributed by atoms with Gasteiger partial charge in [0.05, 0.1) is 18.8 Å². The van der Waals surface area contributed by atoms with E-state index >= 15 is 0 Å². The highest BCUT2D eigenvalue weighted by Crippen LogP contribution is 2.34. The number of hydrogen-bond donors (Lipinski definition) is 4. The third-order valence-corrected chi connectivity index (χ3v) is 6.41. The summed E-state index contributed by atoms with van der Waals surface area (Å²) < 4.78 is 17.3. The molecule has 180 valence electrons. The quantitative estimate of drug-likeness (QED) is 0.438. The van der Waals surface area contributed by atoms with Crippen LogP contribution >= 0.6 is 11.6 Å². The van der Waals surface area contributed by atoms with Crippen LogP contribution in [0.4, 0.5) is 0 Å². The van der Waals surface area contributed by atoms with Gasteiger partial charge in [-0.25, -0.2) is 0 Å². The highest BCUT2D eigenvalue weighted by atomic mass is 35.5. The molecule has 0 radical (unpaired) electrons. The molecule has 0 bridgehead atoms. The average molecular weight is 479 g/mol. The molecule has 2 aromatic carbocycles. The van der Waals surface area contributed by atoms with E-state index in [1.54, 1.807) is 12.1 Å². The first-order valence-corrected chi connectivity index (χ1v) is 11.7. The fraction of sp³-hybridized carbons (Fsp3) is 0.520. The molecule has 7 nitrogen and oxygen atoms in total. The number of aliphatic hydroxyl groups excluding tert-OH is 4. The first-order chi connectivity index (χ1) is 15.9. The molecule has 2 fully saturated rings. The topological polar surface area (TPSA) is 109 Å². The van der Waals surface area contributed by atoms with Gasteiger partial charge in [0, 0.05) is 5.02 Å².